The number of sulfone groups is 1. The lowest BCUT2D eigenvalue weighted by molar-refractivity contribution is -0.124. The van der Waals surface area contributed by atoms with Gasteiger partial charge >= 0.3 is 0 Å². The largest absolute Gasteiger partial charge is 0.372 e. The zero-order valence-corrected chi connectivity index (χ0v) is 10.7. The third-order valence-electron chi connectivity index (χ3n) is 2.27. The molecule has 1 aromatic rings. The van der Waals surface area contributed by atoms with E-state index < -0.39 is 15.9 Å². The van der Waals surface area contributed by atoms with Crippen molar-refractivity contribution in [3.8, 4) is 0 Å². The van der Waals surface area contributed by atoms with Crippen molar-refractivity contribution in [1.29, 1.82) is 0 Å². The molecule has 0 saturated heterocycles. The molecule has 1 rings (SSSR count). The van der Waals surface area contributed by atoms with E-state index in [0.717, 1.165) is 6.26 Å². The molecule has 0 fully saturated rings. The van der Waals surface area contributed by atoms with Crippen LogP contribution in [0.1, 0.15) is 6.92 Å². The number of carbonyl (C=O) groups excluding carboxylic acids is 1. The summed E-state index contributed by atoms with van der Waals surface area (Å²) in [6.45, 7) is 1.63. The monoisotopic (exact) mass is 257 g/mol. The van der Waals surface area contributed by atoms with E-state index in [4.69, 9.17) is 4.74 Å². The van der Waals surface area contributed by atoms with Gasteiger partial charge in [0.1, 0.15) is 6.10 Å². The Hall–Kier alpha value is -1.40. The van der Waals surface area contributed by atoms with E-state index in [1.54, 1.807) is 6.92 Å². The molecule has 0 aromatic heterocycles. The number of anilines is 1. The summed E-state index contributed by atoms with van der Waals surface area (Å²) in [7, 11) is -1.76. The molecule has 5 nitrogen and oxygen atoms in total. The molecule has 0 bridgehead atoms. The second-order valence-electron chi connectivity index (χ2n) is 3.66. The molecular formula is C11H15NO4S. The van der Waals surface area contributed by atoms with Gasteiger partial charge in [-0.05, 0) is 31.2 Å². The van der Waals surface area contributed by atoms with Gasteiger partial charge in [0.15, 0.2) is 9.84 Å². The minimum Gasteiger partial charge on any atom is -0.372 e. The normalized spacial score (nSPS) is 13.1. The molecule has 0 radical (unpaired) electrons. The van der Waals surface area contributed by atoms with Crippen LogP contribution in [0.2, 0.25) is 0 Å². The molecule has 0 aliphatic heterocycles. The van der Waals surface area contributed by atoms with Crippen LogP contribution in [0.4, 0.5) is 5.69 Å². The number of rotatable bonds is 4. The van der Waals surface area contributed by atoms with Gasteiger partial charge in [0.25, 0.3) is 5.91 Å². The van der Waals surface area contributed by atoms with Gasteiger partial charge in [0.2, 0.25) is 0 Å². The molecule has 0 heterocycles. The van der Waals surface area contributed by atoms with E-state index in [2.05, 4.69) is 5.32 Å². The maximum absolute atomic E-state index is 11.5. The summed E-state index contributed by atoms with van der Waals surface area (Å²) >= 11 is 0. The van der Waals surface area contributed by atoms with Crippen LogP contribution in [0, 0.1) is 0 Å². The fourth-order valence-corrected chi connectivity index (χ4v) is 1.77. The predicted octanol–water partition coefficient (Wildman–Crippen LogP) is 1.06. The highest BCUT2D eigenvalue weighted by atomic mass is 32.2. The highest BCUT2D eigenvalue weighted by molar-refractivity contribution is 7.90. The van der Waals surface area contributed by atoms with Crippen LogP contribution in [-0.2, 0) is 19.4 Å². The molecule has 6 heteroatoms. The first-order chi connectivity index (χ1) is 7.84. The summed E-state index contributed by atoms with van der Waals surface area (Å²) in [4.78, 5) is 11.7. The van der Waals surface area contributed by atoms with Crippen LogP contribution in [0.3, 0.4) is 0 Å². The number of benzene rings is 1. The second-order valence-corrected chi connectivity index (χ2v) is 5.68. The van der Waals surface area contributed by atoms with Gasteiger partial charge in [-0.3, -0.25) is 4.79 Å². The Morgan fingerprint density at radius 2 is 1.82 bits per heavy atom. The Labute approximate surface area is 101 Å². The van der Waals surface area contributed by atoms with Gasteiger partial charge in [-0.25, -0.2) is 8.42 Å². The predicted molar refractivity (Wildman–Crippen MR) is 64.7 cm³/mol. The lowest BCUT2D eigenvalue weighted by Gasteiger charge is -2.10. The number of hydrogen-bond donors (Lipinski definition) is 1. The summed E-state index contributed by atoms with van der Waals surface area (Å²) < 4.78 is 27.3. The first-order valence-corrected chi connectivity index (χ1v) is 6.87. The zero-order valence-electron chi connectivity index (χ0n) is 9.93. The summed E-state index contributed by atoms with van der Waals surface area (Å²) in [5.41, 5.74) is 0.534. The lowest BCUT2D eigenvalue weighted by Crippen LogP contribution is -2.26. The van der Waals surface area contributed by atoms with Gasteiger partial charge < -0.3 is 10.1 Å². The molecule has 0 aliphatic carbocycles. The number of methoxy groups -OCH3 is 1. The molecule has 1 unspecified atom stereocenters. The van der Waals surface area contributed by atoms with E-state index in [9.17, 15) is 13.2 Å². The first-order valence-electron chi connectivity index (χ1n) is 4.98. The number of carbonyl (C=O) groups is 1. The van der Waals surface area contributed by atoms with E-state index in [-0.39, 0.29) is 10.8 Å². The lowest BCUT2D eigenvalue weighted by atomic mass is 10.3. The van der Waals surface area contributed by atoms with Crippen LogP contribution in [-0.4, -0.2) is 33.8 Å². The van der Waals surface area contributed by atoms with Gasteiger partial charge in [-0.1, -0.05) is 0 Å². The van der Waals surface area contributed by atoms with Crippen molar-refractivity contribution < 1.29 is 17.9 Å². The quantitative estimate of drug-likeness (QED) is 0.875. The Morgan fingerprint density at radius 1 is 1.29 bits per heavy atom. The van der Waals surface area contributed by atoms with Gasteiger partial charge in [0, 0.05) is 19.1 Å². The van der Waals surface area contributed by atoms with E-state index in [0.29, 0.717) is 5.69 Å². The zero-order chi connectivity index (χ0) is 13.1. The molecule has 1 N–H and O–H groups in total. The number of amides is 1. The van der Waals surface area contributed by atoms with Crippen LogP contribution < -0.4 is 5.32 Å². The van der Waals surface area contributed by atoms with Crippen molar-refractivity contribution in [2.75, 3.05) is 18.7 Å². The molecular weight excluding hydrogens is 242 g/mol. The van der Waals surface area contributed by atoms with Crippen LogP contribution in [0.15, 0.2) is 29.2 Å². The summed E-state index contributed by atoms with van der Waals surface area (Å²) in [6.07, 6.45) is 0.581. The van der Waals surface area contributed by atoms with Gasteiger partial charge in [-0.15, -0.1) is 0 Å². The standard InChI is InChI=1S/C11H15NO4S/c1-8(16-2)11(13)12-9-4-6-10(7-5-9)17(3,14)15/h4-8H,1-3H3,(H,12,13). The Balaban J connectivity index is 2.79. The van der Waals surface area contributed by atoms with Gasteiger partial charge in [-0.2, -0.15) is 0 Å². The van der Waals surface area contributed by atoms with Crippen molar-refractivity contribution in [2.24, 2.45) is 0 Å². The summed E-state index contributed by atoms with van der Waals surface area (Å²) in [5, 5.41) is 2.61. The third kappa shape index (κ3) is 3.83. The molecule has 0 aliphatic rings. The minimum absolute atomic E-state index is 0.218. The van der Waals surface area contributed by atoms with Gasteiger partial charge in [0.05, 0.1) is 4.90 Å². The molecule has 17 heavy (non-hydrogen) atoms. The average molecular weight is 257 g/mol. The fraction of sp³-hybridized carbons (Fsp3) is 0.364. The van der Waals surface area contributed by atoms with Crippen molar-refractivity contribution in [3.63, 3.8) is 0 Å². The highest BCUT2D eigenvalue weighted by Crippen LogP contribution is 2.14. The minimum atomic E-state index is -3.21. The number of ether oxygens (including phenoxy) is 1. The Kier molecular flexibility index (Phi) is 4.25. The van der Waals surface area contributed by atoms with E-state index >= 15 is 0 Å². The highest BCUT2D eigenvalue weighted by Gasteiger charge is 2.12. The molecule has 0 saturated carbocycles. The Morgan fingerprint density at radius 3 is 2.24 bits per heavy atom. The SMILES string of the molecule is COC(C)C(=O)Nc1ccc(S(C)(=O)=O)cc1. The first kappa shape index (κ1) is 13.7. The van der Waals surface area contributed by atoms with Crippen LogP contribution >= 0.6 is 0 Å². The van der Waals surface area contributed by atoms with Crippen molar-refractivity contribution >= 4 is 21.4 Å². The van der Waals surface area contributed by atoms with Crippen LogP contribution in [0.25, 0.3) is 0 Å². The van der Waals surface area contributed by atoms with Crippen molar-refractivity contribution in [2.45, 2.75) is 17.9 Å². The maximum atomic E-state index is 11.5. The topological polar surface area (TPSA) is 72.5 Å². The molecule has 1 atom stereocenters. The number of hydrogen-bond acceptors (Lipinski definition) is 4. The molecule has 94 valence electrons. The molecule has 1 amide bonds. The second kappa shape index (κ2) is 5.29. The summed E-state index contributed by atoms with van der Waals surface area (Å²) in [6, 6.07) is 5.97. The summed E-state index contributed by atoms with van der Waals surface area (Å²) in [5.74, 6) is -0.278. The van der Waals surface area contributed by atoms with Crippen LogP contribution in [0.5, 0.6) is 0 Å². The molecule has 1 aromatic carbocycles. The van der Waals surface area contributed by atoms with E-state index in [1.807, 2.05) is 0 Å². The third-order valence-corrected chi connectivity index (χ3v) is 3.40. The average Bonchev–Trinajstić information content (AvgIpc) is 2.27. The van der Waals surface area contributed by atoms with E-state index in [1.165, 1.54) is 31.4 Å². The number of nitrogens with one attached hydrogen (secondary N) is 1. The Bertz CT molecular complexity index is 493. The van der Waals surface area contributed by atoms with Crippen molar-refractivity contribution in [1.82, 2.24) is 0 Å². The fourth-order valence-electron chi connectivity index (χ4n) is 1.14. The maximum Gasteiger partial charge on any atom is 0.253 e. The van der Waals surface area contributed by atoms with Crippen molar-refractivity contribution in [3.05, 3.63) is 24.3 Å². The molecule has 0 spiro atoms. The smallest absolute Gasteiger partial charge is 0.253 e.